The van der Waals surface area contributed by atoms with Crippen molar-refractivity contribution >= 4 is 39.6 Å². The maximum absolute atomic E-state index is 6.36. The summed E-state index contributed by atoms with van der Waals surface area (Å²) in [6.07, 6.45) is 3.22. The first-order valence-electron chi connectivity index (χ1n) is 10.1. The van der Waals surface area contributed by atoms with Crippen LogP contribution in [0.4, 0.5) is 28.7 Å². The number of nitrogens with zero attached hydrogens (tertiary/aromatic N) is 3. The highest BCUT2D eigenvalue weighted by Gasteiger charge is 2.11. The minimum absolute atomic E-state index is 0.407. The van der Waals surface area contributed by atoms with Crippen molar-refractivity contribution in [3.8, 4) is 11.5 Å². The number of hydrogen-bond acceptors (Lipinski definition) is 7. The lowest BCUT2D eigenvalue weighted by Gasteiger charge is -2.14. The summed E-state index contributed by atoms with van der Waals surface area (Å²) < 4.78 is 5.83. The zero-order valence-electron chi connectivity index (χ0n) is 17.1. The van der Waals surface area contributed by atoms with Gasteiger partial charge in [0.25, 0.3) is 0 Å². The Morgan fingerprint density at radius 1 is 0.656 bits per heavy atom. The molecule has 0 spiro atoms. The molecule has 0 aliphatic carbocycles. The van der Waals surface area contributed by atoms with Gasteiger partial charge >= 0.3 is 0 Å². The third-order valence-corrected chi connectivity index (χ3v) is 4.87. The number of ether oxygens (including phenoxy) is 1. The fourth-order valence-corrected chi connectivity index (χ4v) is 3.30. The Morgan fingerprint density at radius 3 is 2.19 bits per heavy atom. The van der Waals surface area contributed by atoms with Gasteiger partial charge in [-0.05, 0) is 48.5 Å². The Kier molecular flexibility index (Phi) is 5.20. The number of hydrogen-bond donors (Lipinski definition) is 3. The number of anilines is 5. The molecule has 3 aromatic carbocycles. The Labute approximate surface area is 184 Å². The van der Waals surface area contributed by atoms with E-state index in [1.165, 1.54) is 6.33 Å². The van der Waals surface area contributed by atoms with Crippen LogP contribution in [0.1, 0.15) is 0 Å². The van der Waals surface area contributed by atoms with Gasteiger partial charge in [-0.3, -0.25) is 4.98 Å². The van der Waals surface area contributed by atoms with E-state index in [4.69, 9.17) is 10.5 Å². The lowest BCUT2D eigenvalue weighted by Crippen LogP contribution is -2.05. The molecule has 0 unspecified atom stereocenters. The molecule has 0 saturated carbocycles. The van der Waals surface area contributed by atoms with E-state index < -0.39 is 0 Å². The Hall–Kier alpha value is -4.65. The summed E-state index contributed by atoms with van der Waals surface area (Å²) in [5.41, 5.74) is 9.26. The monoisotopic (exact) mass is 420 g/mol. The number of nitrogen functional groups attached to an aromatic ring is 1. The molecule has 7 heteroatoms. The summed E-state index contributed by atoms with van der Waals surface area (Å²) in [5, 5.41) is 7.55. The minimum atomic E-state index is 0.407. The largest absolute Gasteiger partial charge is 0.457 e. The quantitative estimate of drug-likeness (QED) is 0.315. The van der Waals surface area contributed by atoms with Crippen molar-refractivity contribution in [1.82, 2.24) is 15.0 Å². The van der Waals surface area contributed by atoms with Crippen molar-refractivity contribution in [2.75, 3.05) is 16.4 Å². The molecule has 5 aromatic rings. The second-order valence-electron chi connectivity index (χ2n) is 7.05. The number of para-hydroxylation sites is 2. The van der Waals surface area contributed by atoms with Gasteiger partial charge in [-0.25, -0.2) is 9.97 Å². The number of fused-ring (bicyclic) bond motifs is 1. The average Bonchev–Trinajstić information content (AvgIpc) is 2.84. The first-order valence-corrected chi connectivity index (χ1v) is 10.1. The minimum Gasteiger partial charge on any atom is -0.457 e. The zero-order chi connectivity index (χ0) is 21.8. The highest BCUT2D eigenvalue weighted by Crippen LogP contribution is 2.31. The van der Waals surface area contributed by atoms with Crippen LogP contribution in [0.5, 0.6) is 11.5 Å². The van der Waals surface area contributed by atoms with E-state index in [0.29, 0.717) is 17.3 Å². The topological polar surface area (TPSA) is 98.0 Å². The van der Waals surface area contributed by atoms with Gasteiger partial charge in [-0.2, -0.15) is 0 Å². The van der Waals surface area contributed by atoms with Gasteiger partial charge in [0.05, 0.1) is 11.2 Å². The van der Waals surface area contributed by atoms with E-state index in [1.54, 1.807) is 6.20 Å². The van der Waals surface area contributed by atoms with Crippen molar-refractivity contribution < 1.29 is 4.74 Å². The lowest BCUT2D eigenvalue weighted by molar-refractivity contribution is 0.483. The maximum Gasteiger partial charge on any atom is 0.159 e. The number of pyridine rings is 1. The van der Waals surface area contributed by atoms with E-state index in [-0.39, 0.29) is 0 Å². The molecule has 4 N–H and O–H groups in total. The molecule has 0 radical (unpaired) electrons. The fourth-order valence-electron chi connectivity index (χ4n) is 3.30. The van der Waals surface area contributed by atoms with E-state index in [1.807, 2.05) is 84.9 Å². The highest BCUT2D eigenvalue weighted by atomic mass is 16.5. The summed E-state index contributed by atoms with van der Waals surface area (Å²) in [7, 11) is 0. The van der Waals surface area contributed by atoms with Crippen LogP contribution >= 0.6 is 0 Å². The summed E-state index contributed by atoms with van der Waals surface area (Å²) in [6, 6.07) is 27.0. The zero-order valence-corrected chi connectivity index (χ0v) is 17.1. The Balaban J connectivity index is 1.34. The predicted octanol–water partition coefficient (Wildman–Crippen LogP) is 5.89. The van der Waals surface area contributed by atoms with Crippen molar-refractivity contribution in [3.05, 3.63) is 97.5 Å². The first-order chi connectivity index (χ1) is 15.8. The lowest BCUT2D eigenvalue weighted by atomic mass is 10.2. The molecule has 0 atom stereocenters. The van der Waals surface area contributed by atoms with Crippen LogP contribution in [0.25, 0.3) is 10.9 Å². The molecular formula is C25H20N6O. The van der Waals surface area contributed by atoms with Crippen LogP contribution in [0.15, 0.2) is 97.5 Å². The fraction of sp³-hybridized carbons (Fsp3) is 0. The summed E-state index contributed by atoms with van der Waals surface area (Å²) >= 11 is 0. The van der Waals surface area contributed by atoms with E-state index in [0.717, 1.165) is 33.8 Å². The number of benzene rings is 3. The second-order valence-corrected chi connectivity index (χ2v) is 7.05. The number of aromatic nitrogens is 3. The molecule has 2 aromatic heterocycles. The van der Waals surface area contributed by atoms with Crippen molar-refractivity contribution in [2.45, 2.75) is 0 Å². The van der Waals surface area contributed by atoms with E-state index in [2.05, 4.69) is 25.6 Å². The first kappa shape index (κ1) is 19.3. The van der Waals surface area contributed by atoms with Crippen molar-refractivity contribution in [3.63, 3.8) is 0 Å². The number of nitrogens with two attached hydrogens (primary N) is 1. The Morgan fingerprint density at radius 2 is 1.38 bits per heavy atom. The van der Waals surface area contributed by atoms with Crippen LogP contribution in [-0.4, -0.2) is 15.0 Å². The number of rotatable bonds is 6. The van der Waals surface area contributed by atoms with Gasteiger partial charge in [0.1, 0.15) is 23.5 Å². The third-order valence-electron chi connectivity index (χ3n) is 4.87. The molecule has 5 rings (SSSR count). The molecule has 0 fully saturated rings. The molecule has 0 aliphatic heterocycles. The summed E-state index contributed by atoms with van der Waals surface area (Å²) in [4.78, 5) is 13.1. The Bertz CT molecular complexity index is 1350. The number of nitrogens with one attached hydrogen (secondary N) is 2. The van der Waals surface area contributed by atoms with Gasteiger partial charge in [-0.1, -0.05) is 36.4 Å². The molecule has 0 bridgehead atoms. The van der Waals surface area contributed by atoms with Crippen LogP contribution in [0.3, 0.4) is 0 Å². The van der Waals surface area contributed by atoms with Gasteiger partial charge in [0.2, 0.25) is 0 Å². The highest BCUT2D eigenvalue weighted by molar-refractivity contribution is 5.93. The maximum atomic E-state index is 6.36. The van der Waals surface area contributed by atoms with E-state index in [9.17, 15) is 0 Å². The molecule has 7 nitrogen and oxygen atoms in total. The second kappa shape index (κ2) is 8.61. The van der Waals surface area contributed by atoms with Crippen LogP contribution < -0.4 is 21.1 Å². The van der Waals surface area contributed by atoms with Gasteiger partial charge < -0.3 is 21.1 Å². The summed E-state index contributed by atoms with van der Waals surface area (Å²) in [5.74, 6) is 2.53. The van der Waals surface area contributed by atoms with Gasteiger partial charge in [-0.15, -0.1) is 0 Å². The van der Waals surface area contributed by atoms with Gasteiger partial charge in [0, 0.05) is 17.3 Å². The standard InChI is InChI=1S/C25H20N6O/c26-22-24(30-18-11-13-20(14-12-18)32-19-8-2-1-3-9-19)28-16-29-25(22)31-21-10-4-6-17-7-5-15-27-23(17)21/h1-16H,26H2,(H2,28,29,30,31). The van der Waals surface area contributed by atoms with E-state index >= 15 is 0 Å². The SMILES string of the molecule is Nc1c(Nc2ccc(Oc3ccccc3)cc2)ncnc1Nc1cccc2cccnc12. The summed E-state index contributed by atoms with van der Waals surface area (Å²) in [6.45, 7) is 0. The predicted molar refractivity (Wildman–Crippen MR) is 128 cm³/mol. The normalized spacial score (nSPS) is 10.6. The van der Waals surface area contributed by atoms with Crippen LogP contribution in [0, 0.1) is 0 Å². The smallest absolute Gasteiger partial charge is 0.159 e. The molecule has 0 aliphatic rings. The molecular weight excluding hydrogens is 400 g/mol. The van der Waals surface area contributed by atoms with Crippen molar-refractivity contribution in [1.29, 1.82) is 0 Å². The van der Waals surface area contributed by atoms with Crippen LogP contribution in [-0.2, 0) is 0 Å². The molecule has 156 valence electrons. The van der Waals surface area contributed by atoms with Crippen molar-refractivity contribution in [2.24, 2.45) is 0 Å². The molecule has 0 amide bonds. The molecule has 32 heavy (non-hydrogen) atoms. The van der Waals surface area contributed by atoms with Crippen LogP contribution in [0.2, 0.25) is 0 Å². The van der Waals surface area contributed by atoms with Gasteiger partial charge in [0.15, 0.2) is 11.6 Å². The molecule has 2 heterocycles. The third kappa shape index (κ3) is 4.13. The molecule has 0 saturated heterocycles. The average molecular weight is 420 g/mol.